The van der Waals surface area contributed by atoms with Gasteiger partial charge in [0.2, 0.25) is 0 Å². The number of nitrogens with two attached hydrogens (primary N) is 1. The van der Waals surface area contributed by atoms with Crippen molar-refractivity contribution in [2.75, 3.05) is 18.5 Å². The Hall–Kier alpha value is -2.04. The maximum atomic E-state index is 10.5. The van der Waals surface area contributed by atoms with Crippen molar-refractivity contribution in [3.05, 3.63) is 29.8 Å². The van der Waals surface area contributed by atoms with Crippen LogP contribution in [0.3, 0.4) is 0 Å². The number of anilines is 1. The van der Waals surface area contributed by atoms with Crippen molar-refractivity contribution in [1.29, 1.82) is 5.41 Å². The van der Waals surface area contributed by atoms with Gasteiger partial charge in [-0.2, -0.15) is 0 Å². The van der Waals surface area contributed by atoms with E-state index in [1.807, 2.05) is 0 Å². The smallest absolute Gasteiger partial charge is 0.323 e. The molecule has 0 spiro atoms. The maximum absolute atomic E-state index is 10.5. The number of para-hydroxylation sites is 1. The van der Waals surface area contributed by atoms with Crippen molar-refractivity contribution in [3.8, 4) is 0 Å². The van der Waals surface area contributed by atoms with Crippen molar-refractivity contribution in [3.63, 3.8) is 0 Å². The van der Waals surface area contributed by atoms with Crippen molar-refractivity contribution < 1.29 is 9.90 Å². The summed E-state index contributed by atoms with van der Waals surface area (Å²) in [4.78, 5) is 12.1. The number of benzene rings is 1. The molecular formula is C10H13N3O2. The number of likely N-dealkylation sites (N-methyl/N-ethyl adjacent to an activating group) is 1. The Morgan fingerprint density at radius 1 is 1.53 bits per heavy atom. The van der Waals surface area contributed by atoms with Gasteiger partial charge in [0.1, 0.15) is 12.4 Å². The summed E-state index contributed by atoms with van der Waals surface area (Å²) in [5, 5.41) is 16.0. The molecular weight excluding hydrogens is 194 g/mol. The molecule has 1 aromatic carbocycles. The Morgan fingerprint density at radius 3 is 2.67 bits per heavy atom. The van der Waals surface area contributed by atoms with Gasteiger partial charge in [-0.05, 0) is 12.1 Å². The molecule has 4 N–H and O–H groups in total. The predicted octanol–water partition coefficient (Wildman–Crippen LogP) is 0.491. The molecule has 0 atom stereocenters. The molecule has 0 bridgehead atoms. The molecule has 1 rings (SSSR count). The molecule has 0 amide bonds. The highest BCUT2D eigenvalue weighted by molar-refractivity contribution is 6.00. The first-order chi connectivity index (χ1) is 7.02. The van der Waals surface area contributed by atoms with Crippen LogP contribution in [-0.2, 0) is 4.79 Å². The van der Waals surface area contributed by atoms with Crippen molar-refractivity contribution >= 4 is 17.5 Å². The van der Waals surface area contributed by atoms with E-state index >= 15 is 0 Å². The topological polar surface area (TPSA) is 90.4 Å². The van der Waals surface area contributed by atoms with E-state index in [0.717, 1.165) is 0 Å². The number of aliphatic carboxylic acids is 1. The Morgan fingerprint density at radius 2 is 2.13 bits per heavy atom. The quantitative estimate of drug-likeness (QED) is 0.495. The first kappa shape index (κ1) is 11.0. The maximum Gasteiger partial charge on any atom is 0.323 e. The van der Waals surface area contributed by atoms with Crippen LogP contribution in [0.5, 0.6) is 0 Å². The second-order valence-electron chi connectivity index (χ2n) is 3.18. The van der Waals surface area contributed by atoms with Gasteiger partial charge in [0, 0.05) is 18.3 Å². The number of carbonyl (C=O) groups is 1. The van der Waals surface area contributed by atoms with Crippen LogP contribution < -0.4 is 10.6 Å². The minimum Gasteiger partial charge on any atom is -0.480 e. The molecule has 0 fully saturated rings. The molecule has 5 heteroatoms. The summed E-state index contributed by atoms with van der Waals surface area (Å²) in [5.41, 5.74) is 6.58. The van der Waals surface area contributed by atoms with E-state index in [0.29, 0.717) is 11.3 Å². The van der Waals surface area contributed by atoms with Crippen molar-refractivity contribution in [1.82, 2.24) is 0 Å². The fourth-order valence-corrected chi connectivity index (χ4v) is 1.32. The monoisotopic (exact) mass is 207 g/mol. The molecule has 0 aromatic heterocycles. The third-order valence-electron chi connectivity index (χ3n) is 1.98. The zero-order valence-corrected chi connectivity index (χ0v) is 8.40. The third-order valence-corrected chi connectivity index (χ3v) is 1.98. The number of nitrogens with zero attached hydrogens (tertiary/aromatic N) is 1. The molecule has 15 heavy (non-hydrogen) atoms. The number of hydrogen-bond donors (Lipinski definition) is 3. The van der Waals surface area contributed by atoms with E-state index in [-0.39, 0.29) is 12.4 Å². The summed E-state index contributed by atoms with van der Waals surface area (Å²) in [5.74, 6) is -0.987. The van der Waals surface area contributed by atoms with Gasteiger partial charge in [-0.1, -0.05) is 12.1 Å². The van der Waals surface area contributed by atoms with Crippen molar-refractivity contribution in [2.45, 2.75) is 0 Å². The Balaban J connectivity index is 3.02. The molecule has 0 saturated carbocycles. The lowest BCUT2D eigenvalue weighted by Gasteiger charge is -2.19. The number of amidine groups is 1. The van der Waals surface area contributed by atoms with Crippen LogP contribution in [0.25, 0.3) is 0 Å². The van der Waals surface area contributed by atoms with Crippen LogP contribution in [0, 0.1) is 5.41 Å². The lowest BCUT2D eigenvalue weighted by Crippen LogP contribution is -2.27. The zero-order chi connectivity index (χ0) is 11.4. The molecule has 5 nitrogen and oxygen atoms in total. The van der Waals surface area contributed by atoms with Gasteiger partial charge in [0.05, 0.1) is 0 Å². The standard InChI is InChI=1S/C10H13N3O2/c1-13(6-9(14)15)8-5-3-2-4-7(8)10(11)12/h2-5H,6H2,1H3,(H3,11,12)(H,14,15). The normalized spacial score (nSPS) is 9.67. The van der Waals surface area contributed by atoms with E-state index in [9.17, 15) is 4.79 Å². The minimum atomic E-state index is -0.921. The zero-order valence-electron chi connectivity index (χ0n) is 8.40. The van der Waals surface area contributed by atoms with Gasteiger partial charge < -0.3 is 15.7 Å². The minimum absolute atomic E-state index is 0.0668. The summed E-state index contributed by atoms with van der Waals surface area (Å²) in [7, 11) is 1.65. The average Bonchev–Trinajstić information content (AvgIpc) is 2.16. The SMILES string of the molecule is CN(CC(=O)O)c1ccccc1C(=N)N. The number of hydrogen-bond acceptors (Lipinski definition) is 3. The van der Waals surface area contributed by atoms with Crippen LogP contribution in [0.2, 0.25) is 0 Å². The molecule has 0 aliphatic rings. The average molecular weight is 207 g/mol. The van der Waals surface area contributed by atoms with E-state index in [4.69, 9.17) is 16.2 Å². The fraction of sp³-hybridized carbons (Fsp3) is 0.200. The summed E-state index contributed by atoms with van der Waals surface area (Å²) < 4.78 is 0. The lowest BCUT2D eigenvalue weighted by molar-refractivity contribution is -0.135. The first-order valence-electron chi connectivity index (χ1n) is 4.38. The van der Waals surface area contributed by atoms with Crippen LogP contribution in [0.1, 0.15) is 5.56 Å². The van der Waals surface area contributed by atoms with Gasteiger partial charge in [0.25, 0.3) is 0 Å². The lowest BCUT2D eigenvalue weighted by atomic mass is 10.1. The van der Waals surface area contributed by atoms with Crippen LogP contribution in [-0.4, -0.2) is 30.5 Å². The predicted molar refractivity (Wildman–Crippen MR) is 58.4 cm³/mol. The summed E-state index contributed by atoms with van der Waals surface area (Å²) in [6.07, 6.45) is 0. The van der Waals surface area contributed by atoms with E-state index in [2.05, 4.69) is 0 Å². The highest BCUT2D eigenvalue weighted by atomic mass is 16.4. The largest absolute Gasteiger partial charge is 0.480 e. The van der Waals surface area contributed by atoms with E-state index in [1.54, 1.807) is 36.2 Å². The van der Waals surface area contributed by atoms with E-state index < -0.39 is 5.97 Å². The number of nitrogen functional groups attached to an aromatic ring is 1. The summed E-state index contributed by atoms with van der Waals surface area (Å²) in [6.45, 7) is -0.121. The summed E-state index contributed by atoms with van der Waals surface area (Å²) >= 11 is 0. The number of carboxylic acid groups (broad SMARTS) is 1. The molecule has 0 unspecified atom stereocenters. The molecule has 80 valence electrons. The number of nitrogens with one attached hydrogen (secondary N) is 1. The Bertz CT molecular complexity index is 390. The number of carboxylic acids is 1. The van der Waals surface area contributed by atoms with Gasteiger partial charge >= 0.3 is 5.97 Å². The summed E-state index contributed by atoms with van der Waals surface area (Å²) in [6, 6.07) is 6.96. The molecule has 0 heterocycles. The Labute approximate surface area is 87.6 Å². The second-order valence-corrected chi connectivity index (χ2v) is 3.18. The van der Waals surface area contributed by atoms with Crippen LogP contribution in [0.4, 0.5) is 5.69 Å². The highest BCUT2D eigenvalue weighted by Crippen LogP contribution is 2.17. The first-order valence-corrected chi connectivity index (χ1v) is 4.38. The van der Waals surface area contributed by atoms with Gasteiger partial charge in [-0.25, -0.2) is 0 Å². The molecule has 1 aromatic rings. The van der Waals surface area contributed by atoms with Gasteiger partial charge in [0.15, 0.2) is 0 Å². The highest BCUT2D eigenvalue weighted by Gasteiger charge is 2.10. The van der Waals surface area contributed by atoms with E-state index in [1.165, 1.54) is 0 Å². The van der Waals surface area contributed by atoms with Gasteiger partial charge in [-0.15, -0.1) is 0 Å². The third kappa shape index (κ3) is 2.70. The Kier molecular flexibility index (Phi) is 3.28. The molecule has 0 aliphatic heterocycles. The van der Waals surface area contributed by atoms with Crippen LogP contribution >= 0.6 is 0 Å². The van der Waals surface area contributed by atoms with Crippen molar-refractivity contribution in [2.24, 2.45) is 5.73 Å². The fourth-order valence-electron chi connectivity index (χ4n) is 1.32. The van der Waals surface area contributed by atoms with Crippen LogP contribution in [0.15, 0.2) is 24.3 Å². The molecule has 0 radical (unpaired) electrons. The second kappa shape index (κ2) is 4.45. The number of rotatable bonds is 4. The van der Waals surface area contributed by atoms with Gasteiger partial charge in [-0.3, -0.25) is 10.2 Å². The molecule has 0 saturated heterocycles. The molecule has 0 aliphatic carbocycles.